The van der Waals surface area contributed by atoms with Crippen LogP contribution in [0.2, 0.25) is 0 Å². The molecule has 2 aliphatic carbocycles. The molecule has 0 aliphatic heterocycles. The lowest BCUT2D eigenvalue weighted by molar-refractivity contribution is 0.472. The number of hydrogen-bond donors (Lipinski definition) is 1. The fourth-order valence-electron chi connectivity index (χ4n) is 0.769. The average molecular weight is 133 g/mol. The second kappa shape index (κ2) is 2.40. The van der Waals surface area contributed by atoms with Gasteiger partial charge in [0.25, 0.3) is 0 Å². The summed E-state index contributed by atoms with van der Waals surface area (Å²) in [6.45, 7) is 1.43. The van der Waals surface area contributed by atoms with Gasteiger partial charge in [0.1, 0.15) is 5.75 Å². The zero-order valence-electron chi connectivity index (χ0n) is 5.63. The lowest BCUT2D eigenvalue weighted by atomic mass is 9.93. The average Bonchev–Trinajstić information content (AvgIpc) is 1.84. The van der Waals surface area contributed by atoms with Crippen molar-refractivity contribution in [3.63, 3.8) is 0 Å². The third-order valence-electron chi connectivity index (χ3n) is 1.31. The maximum Gasteiger partial charge on any atom is 0.124 e. The Morgan fingerprint density at radius 1 is 1.50 bits per heavy atom. The second-order valence-corrected chi connectivity index (χ2v) is 1.96. The smallest absolute Gasteiger partial charge is 0.124 e. The maximum absolute atomic E-state index is 8.69. The number of phenols is 1. The molecular weight excluding hydrogens is 126 g/mol. The zero-order valence-corrected chi connectivity index (χ0v) is 5.63. The number of fused-ring (bicyclic) bond motifs is 1. The summed E-state index contributed by atoms with van der Waals surface area (Å²) in [4.78, 5) is 0. The number of nitrogens with zero attached hydrogens (tertiary/aromatic N) is 1. The Morgan fingerprint density at radius 3 is 2.10 bits per heavy atom. The summed E-state index contributed by atoms with van der Waals surface area (Å²) in [5.74, 6) is 0.442. The van der Waals surface area contributed by atoms with E-state index in [4.69, 9.17) is 10.4 Å². The summed E-state index contributed by atoms with van der Waals surface area (Å²) in [6.07, 6.45) is 0. The predicted molar refractivity (Wildman–Crippen MR) is 38.4 cm³/mol. The molecule has 0 fully saturated rings. The molecule has 50 valence electrons. The van der Waals surface area contributed by atoms with Gasteiger partial charge in [0, 0.05) is 12.5 Å². The van der Waals surface area contributed by atoms with E-state index in [1.54, 1.807) is 12.1 Å². The van der Waals surface area contributed by atoms with Crippen LogP contribution in [0.25, 0.3) is 11.1 Å². The molecule has 0 unspecified atom stereocenters. The Bertz CT molecular complexity index is 286. The molecule has 2 rings (SSSR count). The van der Waals surface area contributed by atoms with E-state index in [-0.39, 0.29) is 0 Å². The van der Waals surface area contributed by atoms with Crippen molar-refractivity contribution in [1.82, 2.24) is 0 Å². The van der Waals surface area contributed by atoms with E-state index in [1.165, 1.54) is 12.5 Å². The van der Waals surface area contributed by atoms with Gasteiger partial charge in [0.05, 0.1) is 6.07 Å². The van der Waals surface area contributed by atoms with Crippen LogP contribution in [0.5, 0.6) is 5.75 Å². The first-order valence-electron chi connectivity index (χ1n) is 2.94. The number of aromatic hydroxyl groups is 1. The van der Waals surface area contributed by atoms with Crippen LogP contribution in [0, 0.1) is 11.3 Å². The third-order valence-corrected chi connectivity index (χ3v) is 1.31. The molecule has 0 aromatic heterocycles. The highest BCUT2D eigenvalue weighted by molar-refractivity contribution is 5.83. The molecule has 0 aromatic rings. The molecule has 0 radical (unpaired) electrons. The lowest BCUT2D eigenvalue weighted by Crippen LogP contribution is -1.88. The third kappa shape index (κ3) is 0.822. The molecule has 0 saturated carbocycles. The number of rotatable bonds is 0. The zero-order chi connectivity index (χ0) is 7.56. The Hall–Kier alpha value is -1.49. The van der Waals surface area contributed by atoms with Crippen molar-refractivity contribution in [2.75, 3.05) is 0 Å². The van der Waals surface area contributed by atoms with Crippen LogP contribution in [0.3, 0.4) is 0 Å². The molecule has 0 amide bonds. The number of nitriles is 1. The molecule has 0 heterocycles. The van der Waals surface area contributed by atoms with Gasteiger partial charge in [-0.15, -0.1) is 0 Å². The van der Waals surface area contributed by atoms with E-state index in [2.05, 4.69) is 0 Å². The van der Waals surface area contributed by atoms with E-state index in [9.17, 15) is 0 Å². The monoisotopic (exact) mass is 133 g/mol. The van der Waals surface area contributed by atoms with Crippen LogP contribution in [0.4, 0.5) is 0 Å². The van der Waals surface area contributed by atoms with Crippen molar-refractivity contribution < 1.29 is 5.11 Å². The van der Waals surface area contributed by atoms with Crippen molar-refractivity contribution in [2.45, 2.75) is 6.92 Å². The largest absolute Gasteiger partial charge is 0.507 e. The van der Waals surface area contributed by atoms with Crippen LogP contribution in [-0.2, 0) is 0 Å². The fourth-order valence-corrected chi connectivity index (χ4v) is 0.769. The highest BCUT2D eigenvalue weighted by Crippen LogP contribution is 2.41. The van der Waals surface area contributed by atoms with Gasteiger partial charge >= 0.3 is 0 Å². The standard InChI is InChI=1S/C6H4O.C2H3N/c7-6-3-4-1-2-5(4)6;1-2-3/h1-3,7H;1H3. The summed E-state index contributed by atoms with van der Waals surface area (Å²) in [6, 6.07) is 7.40. The van der Waals surface area contributed by atoms with E-state index in [1.807, 2.05) is 12.1 Å². The SMILES string of the molecule is CC#N.Oc1cc2ccc1-2. The Kier molecular flexibility index (Phi) is 1.59. The first-order chi connectivity index (χ1) is 4.79. The highest BCUT2D eigenvalue weighted by atomic mass is 16.3. The van der Waals surface area contributed by atoms with E-state index in [0.29, 0.717) is 5.75 Å². The quantitative estimate of drug-likeness (QED) is 0.596. The van der Waals surface area contributed by atoms with Crippen LogP contribution < -0.4 is 0 Å². The van der Waals surface area contributed by atoms with Crippen molar-refractivity contribution >= 4 is 0 Å². The van der Waals surface area contributed by atoms with Gasteiger partial charge < -0.3 is 5.11 Å². The molecule has 2 heteroatoms. The summed E-state index contributed by atoms with van der Waals surface area (Å²) in [7, 11) is 0. The van der Waals surface area contributed by atoms with Crippen LogP contribution >= 0.6 is 0 Å². The van der Waals surface area contributed by atoms with E-state index in [0.717, 1.165) is 5.56 Å². The normalized spacial score (nSPS) is 8.80. The minimum atomic E-state index is 0.442. The molecule has 0 bridgehead atoms. The molecule has 0 saturated heterocycles. The topological polar surface area (TPSA) is 44.0 Å². The molecule has 2 nitrogen and oxygen atoms in total. The molecule has 10 heavy (non-hydrogen) atoms. The van der Waals surface area contributed by atoms with Gasteiger partial charge in [-0.25, -0.2) is 0 Å². The van der Waals surface area contributed by atoms with Gasteiger partial charge in [0.2, 0.25) is 0 Å². The van der Waals surface area contributed by atoms with Crippen LogP contribution in [0.1, 0.15) is 6.92 Å². The van der Waals surface area contributed by atoms with E-state index >= 15 is 0 Å². The minimum absolute atomic E-state index is 0.442. The number of phenolic OH excluding ortho intramolecular Hbond substituents is 1. The van der Waals surface area contributed by atoms with Gasteiger partial charge in [-0.3, -0.25) is 0 Å². The van der Waals surface area contributed by atoms with Crippen molar-refractivity contribution in [3.05, 3.63) is 18.2 Å². The molecule has 2 aliphatic rings. The van der Waals surface area contributed by atoms with Crippen LogP contribution in [0.15, 0.2) is 18.2 Å². The fraction of sp³-hybridized carbons (Fsp3) is 0.125. The van der Waals surface area contributed by atoms with Crippen molar-refractivity contribution in [1.29, 1.82) is 5.26 Å². The molecule has 0 atom stereocenters. The predicted octanol–water partition coefficient (Wildman–Crippen LogP) is 1.90. The molecule has 0 spiro atoms. The highest BCUT2D eigenvalue weighted by Gasteiger charge is 2.14. The molecular formula is C8H7NO. The maximum atomic E-state index is 8.69. The number of hydrogen-bond acceptors (Lipinski definition) is 2. The number of benzene rings is 1. The Balaban J connectivity index is 0.000000148. The van der Waals surface area contributed by atoms with Gasteiger partial charge in [-0.1, -0.05) is 12.1 Å². The summed E-state index contributed by atoms with van der Waals surface area (Å²) >= 11 is 0. The van der Waals surface area contributed by atoms with Crippen LogP contribution in [-0.4, -0.2) is 5.11 Å². The molecule has 1 N–H and O–H groups in total. The van der Waals surface area contributed by atoms with Crippen molar-refractivity contribution in [3.8, 4) is 22.9 Å². The lowest BCUT2D eigenvalue weighted by Gasteiger charge is -2.14. The van der Waals surface area contributed by atoms with Gasteiger partial charge in [-0.2, -0.15) is 5.26 Å². The summed E-state index contributed by atoms with van der Waals surface area (Å²) in [5.41, 5.74) is 2.22. The Morgan fingerprint density at radius 2 is 2.10 bits per heavy atom. The summed E-state index contributed by atoms with van der Waals surface area (Å²) < 4.78 is 0. The first-order valence-corrected chi connectivity index (χ1v) is 2.94. The minimum Gasteiger partial charge on any atom is -0.507 e. The van der Waals surface area contributed by atoms with Gasteiger partial charge in [-0.05, 0) is 11.6 Å². The molecule has 0 aromatic carbocycles. The first kappa shape index (κ1) is 6.63. The summed E-state index contributed by atoms with van der Waals surface area (Å²) in [5, 5.41) is 16.0. The van der Waals surface area contributed by atoms with Crippen molar-refractivity contribution in [2.24, 2.45) is 0 Å². The second-order valence-electron chi connectivity index (χ2n) is 1.96. The van der Waals surface area contributed by atoms with Gasteiger partial charge in [0.15, 0.2) is 0 Å². The van der Waals surface area contributed by atoms with E-state index < -0.39 is 0 Å². The Labute approximate surface area is 59.3 Å².